The van der Waals surface area contributed by atoms with Crippen molar-refractivity contribution in [2.45, 2.75) is 17.8 Å². The Balaban J connectivity index is 1.89. The first-order valence-electron chi connectivity index (χ1n) is 7.62. The molecule has 1 fully saturated rings. The summed E-state index contributed by atoms with van der Waals surface area (Å²) in [7, 11) is 0. The van der Waals surface area contributed by atoms with Gasteiger partial charge in [-0.05, 0) is 23.8 Å². The number of carbonyl (C=O) groups excluding carboxylic acids is 1. The van der Waals surface area contributed by atoms with Crippen LogP contribution in [0.5, 0.6) is 0 Å². The molecule has 2 unspecified atom stereocenters. The summed E-state index contributed by atoms with van der Waals surface area (Å²) in [4.78, 5) is 25.8. The summed E-state index contributed by atoms with van der Waals surface area (Å²) in [5, 5.41) is 9.51. The van der Waals surface area contributed by atoms with Crippen LogP contribution in [0.2, 0.25) is 5.02 Å². The second kappa shape index (κ2) is 7.45. The number of carboxylic acids is 1. The van der Waals surface area contributed by atoms with E-state index in [2.05, 4.69) is 0 Å². The van der Waals surface area contributed by atoms with Crippen molar-refractivity contribution >= 4 is 35.2 Å². The van der Waals surface area contributed by atoms with E-state index in [0.717, 1.165) is 0 Å². The molecule has 0 aromatic heterocycles. The average molecular weight is 380 g/mol. The normalized spacial score (nSPS) is 19.8. The van der Waals surface area contributed by atoms with Crippen LogP contribution in [-0.2, 0) is 16.0 Å². The monoisotopic (exact) mass is 379 g/mol. The molecule has 0 bridgehead atoms. The van der Waals surface area contributed by atoms with E-state index in [1.807, 2.05) is 0 Å². The molecule has 0 radical (unpaired) electrons. The number of thioether (sulfide) groups is 1. The van der Waals surface area contributed by atoms with E-state index in [0.29, 0.717) is 21.9 Å². The van der Waals surface area contributed by atoms with Crippen LogP contribution in [-0.4, -0.2) is 33.7 Å². The molecule has 3 rings (SSSR count). The molecule has 1 aliphatic rings. The van der Waals surface area contributed by atoms with E-state index < -0.39 is 17.4 Å². The summed E-state index contributed by atoms with van der Waals surface area (Å²) in [6, 6.07) is 11.8. The van der Waals surface area contributed by atoms with Crippen molar-refractivity contribution in [3.05, 3.63) is 70.5 Å². The standard InChI is InChI=1S/C18H15ClFNO3S/c19-14-4-2-1-3-13(14)17-21(15(10-25-17)18(23)24)16(22)9-11-5-7-12(20)8-6-11/h1-8,15,17H,9-10H2,(H,23,24). The fraction of sp³-hybridized carbons (Fsp3) is 0.222. The van der Waals surface area contributed by atoms with Gasteiger partial charge < -0.3 is 10.0 Å². The molecule has 4 nitrogen and oxygen atoms in total. The average Bonchev–Trinajstić information content (AvgIpc) is 3.02. The van der Waals surface area contributed by atoms with E-state index >= 15 is 0 Å². The van der Waals surface area contributed by atoms with E-state index in [1.165, 1.54) is 40.9 Å². The molecule has 0 aliphatic carbocycles. The number of carbonyl (C=O) groups is 2. The van der Waals surface area contributed by atoms with Crippen molar-refractivity contribution in [2.75, 3.05) is 5.75 Å². The molecule has 7 heteroatoms. The predicted molar refractivity (Wildman–Crippen MR) is 95.0 cm³/mol. The van der Waals surface area contributed by atoms with Crippen molar-refractivity contribution in [2.24, 2.45) is 0 Å². The Hall–Kier alpha value is -2.05. The summed E-state index contributed by atoms with van der Waals surface area (Å²) in [5.41, 5.74) is 1.34. The lowest BCUT2D eigenvalue weighted by atomic mass is 10.1. The first-order chi connectivity index (χ1) is 12.0. The number of hydrogen-bond donors (Lipinski definition) is 1. The van der Waals surface area contributed by atoms with Crippen LogP contribution in [0.15, 0.2) is 48.5 Å². The number of benzene rings is 2. The Morgan fingerprint density at radius 3 is 2.52 bits per heavy atom. The maximum absolute atomic E-state index is 13.0. The summed E-state index contributed by atoms with van der Waals surface area (Å²) in [6.45, 7) is 0. The fourth-order valence-corrected chi connectivity index (χ4v) is 4.57. The Morgan fingerprint density at radius 2 is 1.88 bits per heavy atom. The first-order valence-corrected chi connectivity index (χ1v) is 9.04. The Kier molecular flexibility index (Phi) is 5.30. The summed E-state index contributed by atoms with van der Waals surface area (Å²) >= 11 is 7.61. The van der Waals surface area contributed by atoms with Crippen LogP contribution in [0.4, 0.5) is 4.39 Å². The Bertz CT molecular complexity index is 799. The first kappa shape index (κ1) is 17.8. The third-order valence-electron chi connectivity index (χ3n) is 4.01. The second-order valence-electron chi connectivity index (χ2n) is 5.67. The van der Waals surface area contributed by atoms with Gasteiger partial charge in [-0.25, -0.2) is 9.18 Å². The highest BCUT2D eigenvalue weighted by Gasteiger charge is 2.42. The van der Waals surface area contributed by atoms with Gasteiger partial charge in [0.2, 0.25) is 5.91 Å². The molecule has 0 spiro atoms. The number of hydrogen-bond acceptors (Lipinski definition) is 3. The van der Waals surface area contributed by atoms with Crippen molar-refractivity contribution in [1.82, 2.24) is 4.90 Å². The summed E-state index contributed by atoms with van der Waals surface area (Å²) in [6.07, 6.45) is 0.00553. The van der Waals surface area contributed by atoms with Crippen LogP contribution in [0.3, 0.4) is 0 Å². The smallest absolute Gasteiger partial charge is 0.327 e. The van der Waals surface area contributed by atoms with Gasteiger partial charge in [-0.3, -0.25) is 4.79 Å². The highest BCUT2D eigenvalue weighted by molar-refractivity contribution is 7.99. The lowest BCUT2D eigenvalue weighted by Gasteiger charge is -2.28. The highest BCUT2D eigenvalue weighted by Crippen LogP contribution is 2.44. The van der Waals surface area contributed by atoms with Crippen LogP contribution in [0, 0.1) is 5.82 Å². The predicted octanol–water partition coefficient (Wildman–Crippen LogP) is 3.75. The number of aliphatic carboxylic acids is 1. The molecule has 1 saturated heterocycles. The maximum Gasteiger partial charge on any atom is 0.327 e. The number of halogens is 2. The largest absolute Gasteiger partial charge is 0.480 e. The van der Waals surface area contributed by atoms with E-state index in [4.69, 9.17) is 11.6 Å². The van der Waals surface area contributed by atoms with Crippen molar-refractivity contribution in [3.8, 4) is 0 Å². The van der Waals surface area contributed by atoms with Gasteiger partial charge in [-0.2, -0.15) is 0 Å². The summed E-state index contributed by atoms with van der Waals surface area (Å²) in [5.74, 6) is -1.46. The Morgan fingerprint density at radius 1 is 1.20 bits per heavy atom. The molecule has 1 heterocycles. The van der Waals surface area contributed by atoms with Gasteiger partial charge in [-0.15, -0.1) is 11.8 Å². The SMILES string of the molecule is O=C(O)C1CSC(c2ccccc2Cl)N1C(=O)Cc1ccc(F)cc1. The quantitative estimate of drug-likeness (QED) is 0.879. The third kappa shape index (κ3) is 3.80. The van der Waals surface area contributed by atoms with Crippen LogP contribution >= 0.6 is 23.4 Å². The van der Waals surface area contributed by atoms with Crippen LogP contribution in [0.1, 0.15) is 16.5 Å². The molecule has 0 saturated carbocycles. The van der Waals surface area contributed by atoms with Crippen molar-refractivity contribution in [3.63, 3.8) is 0 Å². The molecule has 25 heavy (non-hydrogen) atoms. The molecule has 2 atom stereocenters. The van der Waals surface area contributed by atoms with Gasteiger partial charge in [0.25, 0.3) is 0 Å². The number of rotatable bonds is 4. The maximum atomic E-state index is 13.0. The van der Waals surface area contributed by atoms with Gasteiger partial charge >= 0.3 is 5.97 Å². The lowest BCUT2D eigenvalue weighted by Crippen LogP contribution is -2.43. The van der Waals surface area contributed by atoms with E-state index in [9.17, 15) is 19.1 Å². The zero-order valence-electron chi connectivity index (χ0n) is 13.1. The van der Waals surface area contributed by atoms with E-state index in [-0.39, 0.29) is 18.1 Å². The van der Waals surface area contributed by atoms with Gasteiger partial charge in [0, 0.05) is 16.3 Å². The second-order valence-corrected chi connectivity index (χ2v) is 7.19. The van der Waals surface area contributed by atoms with Crippen LogP contribution in [0.25, 0.3) is 0 Å². The van der Waals surface area contributed by atoms with E-state index in [1.54, 1.807) is 24.3 Å². The Labute approximate surface area is 153 Å². The van der Waals surface area contributed by atoms with Gasteiger partial charge in [0.1, 0.15) is 17.2 Å². The topological polar surface area (TPSA) is 57.6 Å². The third-order valence-corrected chi connectivity index (χ3v) is 5.66. The lowest BCUT2D eigenvalue weighted by molar-refractivity contribution is -0.148. The molecule has 2 aromatic rings. The van der Waals surface area contributed by atoms with Crippen molar-refractivity contribution in [1.29, 1.82) is 0 Å². The minimum Gasteiger partial charge on any atom is -0.480 e. The molecular formula is C18H15ClFNO3S. The molecular weight excluding hydrogens is 365 g/mol. The fourth-order valence-electron chi connectivity index (χ4n) is 2.78. The van der Waals surface area contributed by atoms with Gasteiger partial charge in [0.05, 0.1) is 6.42 Å². The summed E-state index contributed by atoms with van der Waals surface area (Å²) < 4.78 is 13.0. The number of amides is 1. The molecule has 130 valence electrons. The van der Waals surface area contributed by atoms with Crippen molar-refractivity contribution < 1.29 is 19.1 Å². The van der Waals surface area contributed by atoms with Crippen LogP contribution < -0.4 is 0 Å². The highest BCUT2D eigenvalue weighted by atomic mass is 35.5. The number of carboxylic acid groups (broad SMARTS) is 1. The minimum absolute atomic E-state index is 0.00553. The molecule has 2 aromatic carbocycles. The van der Waals surface area contributed by atoms with Gasteiger partial charge in [-0.1, -0.05) is 41.9 Å². The number of nitrogens with zero attached hydrogens (tertiary/aromatic N) is 1. The zero-order valence-corrected chi connectivity index (χ0v) is 14.6. The molecule has 1 amide bonds. The van der Waals surface area contributed by atoms with Gasteiger partial charge in [0.15, 0.2) is 0 Å². The molecule has 1 aliphatic heterocycles. The minimum atomic E-state index is -1.05. The zero-order chi connectivity index (χ0) is 18.0. The molecule has 1 N–H and O–H groups in total.